The SMILES string of the molecule is CCn1c(=O)c(-c2ccccc2)cc2cnc(Nc3ccc(CN4CCN(S(C)(=O)=O)CC4)cn3)cc21. The van der Waals surface area contributed by atoms with Crippen LogP contribution in [0.25, 0.3) is 22.0 Å². The third kappa shape index (κ3) is 5.56. The quantitative estimate of drug-likeness (QED) is 0.401. The molecule has 1 aromatic carbocycles. The van der Waals surface area contributed by atoms with Gasteiger partial charge in [-0.25, -0.2) is 18.4 Å². The number of rotatable bonds is 7. The van der Waals surface area contributed by atoms with Crippen molar-refractivity contribution in [2.24, 2.45) is 0 Å². The third-order valence-electron chi connectivity index (χ3n) is 6.67. The van der Waals surface area contributed by atoms with Crippen molar-refractivity contribution in [1.29, 1.82) is 0 Å². The van der Waals surface area contributed by atoms with E-state index in [1.165, 1.54) is 10.6 Å². The number of hydrogen-bond acceptors (Lipinski definition) is 7. The molecule has 1 fully saturated rings. The summed E-state index contributed by atoms with van der Waals surface area (Å²) in [6, 6.07) is 17.4. The van der Waals surface area contributed by atoms with Crippen molar-refractivity contribution in [2.45, 2.75) is 20.0 Å². The fourth-order valence-corrected chi connectivity index (χ4v) is 5.51. The van der Waals surface area contributed by atoms with Crippen LogP contribution in [0.2, 0.25) is 0 Å². The van der Waals surface area contributed by atoms with E-state index in [0.717, 1.165) is 22.0 Å². The van der Waals surface area contributed by atoms with E-state index in [1.807, 2.05) is 67.7 Å². The molecular formula is C27H30N6O3S. The van der Waals surface area contributed by atoms with Gasteiger partial charge in [0.2, 0.25) is 10.0 Å². The topological polar surface area (TPSA) is 100 Å². The Kier molecular flexibility index (Phi) is 7.05. The van der Waals surface area contributed by atoms with Crippen LogP contribution in [-0.2, 0) is 23.1 Å². The van der Waals surface area contributed by atoms with Gasteiger partial charge >= 0.3 is 0 Å². The van der Waals surface area contributed by atoms with Crippen molar-refractivity contribution in [3.8, 4) is 11.1 Å². The standard InChI is InChI=1S/C27H30N6O3S/c1-3-33-24-16-26(29-18-22(24)15-23(27(33)34)21-7-5-4-6-8-21)30-25-10-9-20(17-28-25)19-31-11-13-32(14-12-31)37(2,35)36/h4-10,15-18H,3,11-14,19H2,1-2H3,(H,28,29,30). The number of aryl methyl sites for hydroxylation is 1. The molecule has 0 unspecified atom stereocenters. The molecule has 1 aliphatic heterocycles. The van der Waals surface area contributed by atoms with Crippen LogP contribution >= 0.6 is 0 Å². The van der Waals surface area contributed by atoms with Gasteiger partial charge in [0.1, 0.15) is 11.6 Å². The zero-order chi connectivity index (χ0) is 26.0. The van der Waals surface area contributed by atoms with Crippen molar-refractivity contribution in [2.75, 3.05) is 37.8 Å². The number of hydrogen-bond donors (Lipinski definition) is 1. The average Bonchev–Trinajstić information content (AvgIpc) is 2.90. The highest BCUT2D eigenvalue weighted by Gasteiger charge is 2.23. The third-order valence-corrected chi connectivity index (χ3v) is 7.97. The molecule has 9 nitrogen and oxygen atoms in total. The zero-order valence-corrected chi connectivity index (χ0v) is 21.8. The van der Waals surface area contributed by atoms with Crippen LogP contribution in [0.5, 0.6) is 0 Å². The van der Waals surface area contributed by atoms with E-state index >= 15 is 0 Å². The van der Waals surface area contributed by atoms with Crippen molar-refractivity contribution < 1.29 is 8.42 Å². The predicted molar refractivity (Wildman–Crippen MR) is 146 cm³/mol. The Morgan fingerprint density at radius 3 is 2.30 bits per heavy atom. The molecule has 1 aliphatic rings. The van der Waals surface area contributed by atoms with E-state index < -0.39 is 10.0 Å². The predicted octanol–water partition coefficient (Wildman–Crippen LogP) is 3.30. The Bertz CT molecular complexity index is 1560. The number of nitrogens with zero attached hydrogens (tertiary/aromatic N) is 5. The monoisotopic (exact) mass is 518 g/mol. The normalized spacial score (nSPS) is 15.2. The number of fused-ring (bicyclic) bond motifs is 1. The highest BCUT2D eigenvalue weighted by Crippen LogP contribution is 2.23. The number of pyridine rings is 3. The molecule has 192 valence electrons. The van der Waals surface area contributed by atoms with Gasteiger partial charge in [0, 0.05) is 68.7 Å². The second-order valence-electron chi connectivity index (χ2n) is 9.22. The second kappa shape index (κ2) is 10.4. The Morgan fingerprint density at radius 1 is 0.919 bits per heavy atom. The summed E-state index contributed by atoms with van der Waals surface area (Å²) in [6.07, 6.45) is 4.85. The molecule has 0 bridgehead atoms. The Labute approximate surface area is 216 Å². The molecule has 1 saturated heterocycles. The Hall–Kier alpha value is -3.60. The van der Waals surface area contributed by atoms with Crippen LogP contribution in [0.1, 0.15) is 12.5 Å². The van der Waals surface area contributed by atoms with Crippen LogP contribution in [0.3, 0.4) is 0 Å². The van der Waals surface area contributed by atoms with Gasteiger partial charge in [0.25, 0.3) is 5.56 Å². The van der Waals surface area contributed by atoms with Crippen molar-refractivity contribution >= 4 is 32.6 Å². The largest absolute Gasteiger partial charge is 0.325 e. The minimum absolute atomic E-state index is 0.0294. The lowest BCUT2D eigenvalue weighted by atomic mass is 10.1. The number of benzene rings is 1. The summed E-state index contributed by atoms with van der Waals surface area (Å²) in [5.41, 5.74) is 3.39. The second-order valence-corrected chi connectivity index (χ2v) is 11.2. The molecule has 10 heteroatoms. The van der Waals surface area contributed by atoms with Gasteiger partial charge < -0.3 is 9.88 Å². The first-order valence-electron chi connectivity index (χ1n) is 12.3. The van der Waals surface area contributed by atoms with Crippen LogP contribution in [0.15, 0.2) is 71.8 Å². The van der Waals surface area contributed by atoms with E-state index in [2.05, 4.69) is 20.2 Å². The van der Waals surface area contributed by atoms with Gasteiger partial charge in [-0.05, 0) is 30.2 Å². The minimum Gasteiger partial charge on any atom is -0.325 e. The minimum atomic E-state index is -3.13. The van der Waals surface area contributed by atoms with Gasteiger partial charge in [-0.15, -0.1) is 0 Å². The smallest absolute Gasteiger partial charge is 0.258 e. The van der Waals surface area contributed by atoms with E-state index in [1.54, 1.807) is 10.8 Å². The molecule has 0 saturated carbocycles. The number of nitrogens with one attached hydrogen (secondary N) is 1. The molecule has 4 heterocycles. The summed E-state index contributed by atoms with van der Waals surface area (Å²) >= 11 is 0. The van der Waals surface area contributed by atoms with Crippen molar-refractivity contribution in [1.82, 2.24) is 23.7 Å². The first-order chi connectivity index (χ1) is 17.8. The van der Waals surface area contributed by atoms with Gasteiger partial charge in [-0.3, -0.25) is 9.69 Å². The molecule has 0 aliphatic carbocycles. The summed E-state index contributed by atoms with van der Waals surface area (Å²) in [5.74, 6) is 1.27. The number of aromatic nitrogens is 3. The maximum Gasteiger partial charge on any atom is 0.258 e. The lowest BCUT2D eigenvalue weighted by Crippen LogP contribution is -2.47. The fourth-order valence-electron chi connectivity index (χ4n) is 4.68. The molecule has 0 spiro atoms. The van der Waals surface area contributed by atoms with E-state index in [4.69, 9.17) is 0 Å². The Balaban J connectivity index is 1.31. The fraction of sp³-hybridized carbons (Fsp3) is 0.296. The first-order valence-corrected chi connectivity index (χ1v) is 14.1. The molecular weight excluding hydrogens is 488 g/mol. The van der Waals surface area contributed by atoms with Crippen LogP contribution in [0, 0.1) is 0 Å². The highest BCUT2D eigenvalue weighted by atomic mass is 32.2. The van der Waals surface area contributed by atoms with E-state index in [0.29, 0.717) is 56.5 Å². The van der Waals surface area contributed by atoms with Gasteiger partial charge in [-0.2, -0.15) is 4.31 Å². The molecule has 37 heavy (non-hydrogen) atoms. The molecule has 1 N–H and O–H groups in total. The van der Waals surface area contributed by atoms with Gasteiger partial charge in [-0.1, -0.05) is 36.4 Å². The lowest BCUT2D eigenvalue weighted by molar-refractivity contribution is 0.182. The summed E-state index contributed by atoms with van der Waals surface area (Å²) in [4.78, 5) is 24.5. The highest BCUT2D eigenvalue weighted by molar-refractivity contribution is 7.88. The average molecular weight is 519 g/mol. The first kappa shape index (κ1) is 25.1. The number of sulfonamides is 1. The Morgan fingerprint density at radius 2 is 1.65 bits per heavy atom. The summed E-state index contributed by atoms with van der Waals surface area (Å²) in [5, 5.41) is 4.14. The summed E-state index contributed by atoms with van der Waals surface area (Å²) in [7, 11) is -3.13. The summed E-state index contributed by atoms with van der Waals surface area (Å²) < 4.78 is 26.7. The molecule has 0 radical (unpaired) electrons. The maximum absolute atomic E-state index is 13.2. The molecule has 4 aromatic rings. The van der Waals surface area contributed by atoms with Gasteiger partial charge in [0.15, 0.2) is 0 Å². The van der Waals surface area contributed by atoms with Crippen LogP contribution in [0.4, 0.5) is 11.6 Å². The van der Waals surface area contributed by atoms with Crippen molar-refractivity contribution in [3.63, 3.8) is 0 Å². The van der Waals surface area contributed by atoms with Crippen molar-refractivity contribution in [3.05, 3.63) is 82.9 Å². The van der Waals surface area contributed by atoms with Crippen LogP contribution in [-0.4, -0.2) is 64.6 Å². The molecule has 3 aromatic heterocycles. The van der Waals surface area contributed by atoms with Crippen LogP contribution < -0.4 is 10.9 Å². The molecule has 5 rings (SSSR count). The number of piperazine rings is 1. The summed E-state index contributed by atoms with van der Waals surface area (Å²) in [6.45, 7) is 5.63. The zero-order valence-electron chi connectivity index (χ0n) is 21.0. The van der Waals surface area contributed by atoms with E-state index in [9.17, 15) is 13.2 Å². The lowest BCUT2D eigenvalue weighted by Gasteiger charge is -2.33. The number of anilines is 2. The van der Waals surface area contributed by atoms with Gasteiger partial charge in [0.05, 0.1) is 11.8 Å². The molecule has 0 atom stereocenters. The maximum atomic E-state index is 13.2. The molecule has 0 amide bonds. The van der Waals surface area contributed by atoms with E-state index in [-0.39, 0.29) is 5.56 Å².